The van der Waals surface area contributed by atoms with E-state index in [0.717, 1.165) is 23.2 Å². The molecule has 0 saturated carbocycles. The lowest BCUT2D eigenvalue weighted by Crippen LogP contribution is -2.36. The van der Waals surface area contributed by atoms with Gasteiger partial charge in [0.15, 0.2) is 0 Å². The summed E-state index contributed by atoms with van der Waals surface area (Å²) in [6, 6.07) is 11.0. The quantitative estimate of drug-likeness (QED) is 0.699. The highest BCUT2D eigenvalue weighted by atomic mass is 79.9. The highest BCUT2D eigenvalue weighted by Gasteiger charge is 2.39. The summed E-state index contributed by atoms with van der Waals surface area (Å²) in [6.07, 6.45) is 1.41. The number of rotatable bonds is 2. The van der Waals surface area contributed by atoms with Crippen LogP contribution >= 0.6 is 15.9 Å². The minimum absolute atomic E-state index is 0.0220. The molecule has 7 heteroatoms. The van der Waals surface area contributed by atoms with Crippen LogP contribution in [0, 0.1) is 0 Å². The Bertz CT molecular complexity index is 1050. The molecule has 0 spiro atoms. The number of amides is 1. The van der Waals surface area contributed by atoms with Crippen molar-refractivity contribution in [1.82, 2.24) is 0 Å². The number of hydrogen-bond donors (Lipinski definition) is 0. The van der Waals surface area contributed by atoms with Crippen molar-refractivity contribution < 1.29 is 13.2 Å². The second-order valence-corrected chi connectivity index (χ2v) is 9.97. The molecule has 2 heterocycles. The minimum atomic E-state index is -3.77. The Labute approximate surface area is 168 Å². The van der Waals surface area contributed by atoms with Gasteiger partial charge in [0.05, 0.1) is 5.69 Å². The van der Waals surface area contributed by atoms with Crippen molar-refractivity contribution in [2.45, 2.75) is 50.6 Å². The van der Waals surface area contributed by atoms with Gasteiger partial charge in [0.1, 0.15) is 4.90 Å². The molecule has 0 aromatic heterocycles. The molecule has 4 rings (SSSR count). The van der Waals surface area contributed by atoms with Crippen LogP contribution in [0.25, 0.3) is 0 Å². The highest BCUT2D eigenvalue weighted by Crippen LogP contribution is 2.42. The lowest BCUT2D eigenvalue weighted by Gasteiger charge is -2.26. The summed E-state index contributed by atoms with van der Waals surface area (Å²) in [5.74, 6) is -0.0770. The maximum atomic E-state index is 13.6. The van der Waals surface area contributed by atoms with Crippen molar-refractivity contribution in [1.29, 1.82) is 0 Å². The van der Waals surface area contributed by atoms with E-state index in [0.29, 0.717) is 16.6 Å². The average molecular weight is 449 g/mol. The second kappa shape index (κ2) is 6.34. The molecule has 2 aliphatic rings. The summed E-state index contributed by atoms with van der Waals surface area (Å²) < 4.78 is 29.2. The summed E-state index contributed by atoms with van der Waals surface area (Å²) in [5, 5.41) is 0. The molecule has 0 bridgehead atoms. The average Bonchev–Trinajstić information content (AvgIpc) is 3.08. The Balaban J connectivity index is 1.86. The molecular formula is C20H21BrN2O3S. The van der Waals surface area contributed by atoms with Crippen LogP contribution in [0.15, 0.2) is 45.8 Å². The van der Waals surface area contributed by atoms with Gasteiger partial charge in [-0.15, -0.1) is 0 Å². The third-order valence-electron chi connectivity index (χ3n) is 5.37. The maximum absolute atomic E-state index is 13.6. The summed E-state index contributed by atoms with van der Waals surface area (Å²) in [5.41, 5.74) is 3.44. The number of nitrogens with zero attached hydrogens (tertiary/aromatic N) is 2. The Morgan fingerprint density at radius 1 is 1.04 bits per heavy atom. The van der Waals surface area contributed by atoms with Crippen molar-refractivity contribution in [3.63, 3.8) is 0 Å². The first-order valence-corrected chi connectivity index (χ1v) is 11.2. The van der Waals surface area contributed by atoms with E-state index in [9.17, 15) is 13.2 Å². The van der Waals surface area contributed by atoms with Crippen LogP contribution in [0.1, 0.15) is 31.9 Å². The van der Waals surface area contributed by atoms with E-state index in [1.54, 1.807) is 11.0 Å². The molecule has 0 radical (unpaired) electrons. The zero-order chi connectivity index (χ0) is 19.5. The number of anilines is 2. The number of fused-ring (bicyclic) bond motifs is 2. The Morgan fingerprint density at radius 2 is 1.70 bits per heavy atom. The lowest BCUT2D eigenvalue weighted by molar-refractivity contribution is -0.116. The molecule has 0 fully saturated rings. The van der Waals surface area contributed by atoms with E-state index in [1.807, 2.05) is 44.2 Å². The Hall–Kier alpha value is -1.86. The number of halogens is 1. The van der Waals surface area contributed by atoms with Crippen LogP contribution in [0.5, 0.6) is 0 Å². The molecule has 1 amide bonds. The lowest BCUT2D eigenvalue weighted by atomic mass is 10.1. The number of para-hydroxylation sites is 1. The summed E-state index contributed by atoms with van der Waals surface area (Å²) >= 11 is 3.46. The van der Waals surface area contributed by atoms with E-state index in [1.165, 1.54) is 11.2 Å². The fraction of sp³-hybridized carbons (Fsp3) is 0.350. The van der Waals surface area contributed by atoms with Crippen molar-refractivity contribution >= 4 is 43.2 Å². The largest absolute Gasteiger partial charge is 0.309 e. The van der Waals surface area contributed by atoms with Gasteiger partial charge in [0, 0.05) is 29.2 Å². The summed E-state index contributed by atoms with van der Waals surface area (Å²) in [7, 11) is -3.77. The number of hydrogen-bond acceptors (Lipinski definition) is 3. The van der Waals surface area contributed by atoms with E-state index < -0.39 is 10.0 Å². The van der Waals surface area contributed by atoms with Crippen LogP contribution in [0.3, 0.4) is 0 Å². The first-order valence-electron chi connectivity index (χ1n) is 8.96. The Kier molecular flexibility index (Phi) is 4.35. The molecule has 27 heavy (non-hydrogen) atoms. The molecule has 2 aromatic rings. The van der Waals surface area contributed by atoms with Crippen molar-refractivity contribution in [2.24, 2.45) is 0 Å². The third kappa shape index (κ3) is 2.79. The molecule has 0 unspecified atom stereocenters. The van der Waals surface area contributed by atoms with Gasteiger partial charge in [-0.2, -0.15) is 0 Å². The predicted molar refractivity (Wildman–Crippen MR) is 110 cm³/mol. The zero-order valence-corrected chi connectivity index (χ0v) is 17.8. The summed E-state index contributed by atoms with van der Waals surface area (Å²) in [4.78, 5) is 14.0. The smallest absolute Gasteiger partial charge is 0.265 e. The molecule has 0 N–H and O–H groups in total. The summed E-state index contributed by atoms with van der Waals surface area (Å²) in [6.45, 7) is 5.41. The van der Waals surface area contributed by atoms with E-state index in [2.05, 4.69) is 15.9 Å². The molecule has 0 saturated heterocycles. The number of carbonyl (C=O) groups excluding carboxylic acids is 1. The van der Waals surface area contributed by atoms with Gasteiger partial charge in [0.2, 0.25) is 5.91 Å². The minimum Gasteiger partial charge on any atom is -0.309 e. The number of carbonyl (C=O) groups is 1. The predicted octanol–water partition coefficient (Wildman–Crippen LogP) is 3.89. The van der Waals surface area contributed by atoms with E-state index >= 15 is 0 Å². The third-order valence-corrected chi connectivity index (χ3v) is 8.26. The van der Waals surface area contributed by atoms with Crippen molar-refractivity contribution in [2.75, 3.05) is 9.21 Å². The number of benzene rings is 2. The monoisotopic (exact) mass is 448 g/mol. The fourth-order valence-electron chi connectivity index (χ4n) is 4.31. The van der Waals surface area contributed by atoms with Gasteiger partial charge >= 0.3 is 0 Å². The molecule has 2 atom stereocenters. The van der Waals surface area contributed by atoms with Gasteiger partial charge in [-0.3, -0.25) is 9.10 Å². The van der Waals surface area contributed by atoms with Gasteiger partial charge in [-0.1, -0.05) is 18.2 Å². The number of sulfonamides is 1. The van der Waals surface area contributed by atoms with Gasteiger partial charge in [-0.25, -0.2) is 8.42 Å². The van der Waals surface area contributed by atoms with Gasteiger partial charge in [-0.05, 0) is 71.9 Å². The maximum Gasteiger partial charge on any atom is 0.265 e. The SMILES string of the molecule is CC(=O)N1c2cc(S(=O)(=O)N3c4ccccc4C[C@@H]3C)c(Br)cc2C[C@@H]1C. The van der Waals surface area contributed by atoms with Crippen molar-refractivity contribution in [3.8, 4) is 0 Å². The highest BCUT2D eigenvalue weighted by molar-refractivity contribution is 9.10. The van der Waals surface area contributed by atoms with E-state index in [4.69, 9.17) is 0 Å². The van der Waals surface area contributed by atoms with Crippen LogP contribution in [0.4, 0.5) is 11.4 Å². The van der Waals surface area contributed by atoms with Crippen LogP contribution in [-0.4, -0.2) is 26.4 Å². The molecule has 0 aliphatic carbocycles. The normalized spacial score (nSPS) is 21.3. The van der Waals surface area contributed by atoms with Crippen molar-refractivity contribution in [3.05, 3.63) is 52.0 Å². The Morgan fingerprint density at radius 3 is 2.41 bits per heavy atom. The topological polar surface area (TPSA) is 57.7 Å². The first kappa shape index (κ1) is 18.5. The van der Waals surface area contributed by atoms with Gasteiger partial charge < -0.3 is 4.90 Å². The first-order chi connectivity index (χ1) is 12.7. The van der Waals surface area contributed by atoms with E-state index in [-0.39, 0.29) is 22.9 Å². The van der Waals surface area contributed by atoms with Crippen LogP contribution < -0.4 is 9.21 Å². The zero-order valence-electron chi connectivity index (χ0n) is 15.4. The second-order valence-electron chi connectivity index (χ2n) is 7.34. The van der Waals surface area contributed by atoms with Crippen LogP contribution in [-0.2, 0) is 27.7 Å². The standard InChI is InChI=1S/C20H21BrN2O3S/c1-12-8-16-10-17(21)20(11-19(16)22(12)14(3)24)27(25,26)23-13(2)9-15-6-4-5-7-18(15)23/h4-7,10-13H,8-9H2,1-3H3/t12-,13-/m0/s1. The molecule has 142 valence electrons. The molecule has 5 nitrogen and oxygen atoms in total. The fourth-order valence-corrected chi connectivity index (χ4v) is 7.07. The molecule has 2 aromatic carbocycles. The molecule has 2 aliphatic heterocycles. The molecular weight excluding hydrogens is 428 g/mol. The van der Waals surface area contributed by atoms with Gasteiger partial charge in [0.25, 0.3) is 10.0 Å². The van der Waals surface area contributed by atoms with Crippen LogP contribution in [0.2, 0.25) is 0 Å².